The lowest BCUT2D eigenvalue weighted by molar-refractivity contribution is -0.127. The summed E-state index contributed by atoms with van der Waals surface area (Å²) in [4.78, 5) is 11.9. The fourth-order valence-corrected chi connectivity index (χ4v) is 2.56. The molecule has 0 spiro atoms. The van der Waals surface area contributed by atoms with E-state index < -0.39 is 6.10 Å². The van der Waals surface area contributed by atoms with Crippen LogP contribution in [-0.2, 0) is 17.6 Å². The van der Waals surface area contributed by atoms with Gasteiger partial charge in [0, 0.05) is 6.54 Å². The van der Waals surface area contributed by atoms with Crippen molar-refractivity contribution in [3.05, 3.63) is 42.0 Å². The van der Waals surface area contributed by atoms with Crippen molar-refractivity contribution in [1.82, 2.24) is 5.32 Å². The molecule has 1 atom stereocenters. The Morgan fingerprint density at radius 1 is 1.40 bits per heavy atom. The Hall–Kier alpha value is -1.77. The van der Waals surface area contributed by atoms with Crippen molar-refractivity contribution in [1.29, 1.82) is 0 Å². The Kier molecular flexibility index (Phi) is 5.22. The molecule has 108 valence electrons. The van der Waals surface area contributed by atoms with Crippen LogP contribution in [0.1, 0.15) is 37.3 Å². The molecule has 3 nitrogen and oxygen atoms in total. The number of carbonyl (C=O) groups is 1. The van der Waals surface area contributed by atoms with E-state index in [-0.39, 0.29) is 5.91 Å². The van der Waals surface area contributed by atoms with Gasteiger partial charge in [-0.25, -0.2) is 0 Å². The van der Waals surface area contributed by atoms with E-state index in [2.05, 4.69) is 24.0 Å². The second kappa shape index (κ2) is 7.13. The van der Waals surface area contributed by atoms with Crippen LogP contribution in [-0.4, -0.2) is 18.6 Å². The molecule has 1 unspecified atom stereocenters. The number of fused-ring (bicyclic) bond motifs is 1. The number of amides is 1. The van der Waals surface area contributed by atoms with Crippen molar-refractivity contribution in [2.45, 2.75) is 45.1 Å². The SMILES string of the molecule is C=CCNC(=O)C(CC)Oc1ccc2c(c1)CCCC2. The fourth-order valence-electron chi connectivity index (χ4n) is 2.56. The maximum atomic E-state index is 11.9. The van der Waals surface area contributed by atoms with Crippen LogP contribution < -0.4 is 10.1 Å². The van der Waals surface area contributed by atoms with Gasteiger partial charge in [-0.05, 0) is 55.4 Å². The lowest BCUT2D eigenvalue weighted by atomic mass is 9.92. The summed E-state index contributed by atoms with van der Waals surface area (Å²) < 4.78 is 5.84. The van der Waals surface area contributed by atoms with E-state index in [0.717, 1.165) is 18.6 Å². The molecule has 2 rings (SSSR count). The van der Waals surface area contributed by atoms with Crippen molar-refractivity contribution in [2.24, 2.45) is 0 Å². The van der Waals surface area contributed by atoms with E-state index >= 15 is 0 Å². The third kappa shape index (κ3) is 3.62. The van der Waals surface area contributed by atoms with Crippen LogP contribution in [0.15, 0.2) is 30.9 Å². The minimum atomic E-state index is -0.434. The van der Waals surface area contributed by atoms with Gasteiger partial charge in [-0.15, -0.1) is 6.58 Å². The number of hydrogen-bond acceptors (Lipinski definition) is 2. The van der Waals surface area contributed by atoms with Crippen molar-refractivity contribution in [3.8, 4) is 5.75 Å². The van der Waals surface area contributed by atoms with Crippen LogP contribution in [0.25, 0.3) is 0 Å². The normalized spacial score (nSPS) is 15.1. The molecule has 1 aliphatic rings. The van der Waals surface area contributed by atoms with Gasteiger partial charge in [-0.1, -0.05) is 19.1 Å². The van der Waals surface area contributed by atoms with Crippen LogP contribution in [0.4, 0.5) is 0 Å². The van der Waals surface area contributed by atoms with Gasteiger partial charge in [0.05, 0.1) is 0 Å². The van der Waals surface area contributed by atoms with Gasteiger partial charge >= 0.3 is 0 Å². The average Bonchev–Trinajstić information content (AvgIpc) is 2.50. The number of aryl methyl sites for hydroxylation is 2. The number of nitrogens with one attached hydrogen (secondary N) is 1. The van der Waals surface area contributed by atoms with E-state index in [1.165, 1.54) is 24.0 Å². The molecule has 1 N–H and O–H groups in total. The van der Waals surface area contributed by atoms with Crippen LogP contribution in [0.5, 0.6) is 5.75 Å². The number of ether oxygens (including phenoxy) is 1. The van der Waals surface area contributed by atoms with Gasteiger partial charge in [0.1, 0.15) is 5.75 Å². The number of rotatable bonds is 6. The van der Waals surface area contributed by atoms with Crippen molar-refractivity contribution in [3.63, 3.8) is 0 Å². The van der Waals surface area contributed by atoms with Crippen molar-refractivity contribution >= 4 is 5.91 Å². The van der Waals surface area contributed by atoms with Gasteiger partial charge in [-0.3, -0.25) is 4.79 Å². The van der Waals surface area contributed by atoms with Crippen LogP contribution in [0.3, 0.4) is 0 Å². The second-order valence-electron chi connectivity index (χ2n) is 5.19. The molecular weight excluding hydrogens is 250 g/mol. The van der Waals surface area contributed by atoms with Crippen LogP contribution in [0.2, 0.25) is 0 Å². The monoisotopic (exact) mass is 273 g/mol. The largest absolute Gasteiger partial charge is 0.481 e. The highest BCUT2D eigenvalue weighted by Crippen LogP contribution is 2.26. The van der Waals surface area contributed by atoms with E-state index in [1.54, 1.807) is 6.08 Å². The Balaban J connectivity index is 2.03. The van der Waals surface area contributed by atoms with Gasteiger partial charge in [-0.2, -0.15) is 0 Å². The summed E-state index contributed by atoms with van der Waals surface area (Å²) in [7, 11) is 0. The van der Waals surface area contributed by atoms with E-state index in [4.69, 9.17) is 4.74 Å². The summed E-state index contributed by atoms with van der Waals surface area (Å²) in [6.07, 6.45) is 6.68. The van der Waals surface area contributed by atoms with E-state index in [1.807, 2.05) is 13.0 Å². The predicted octanol–water partition coefficient (Wildman–Crippen LogP) is 3.03. The van der Waals surface area contributed by atoms with Gasteiger partial charge in [0.2, 0.25) is 0 Å². The lowest BCUT2D eigenvalue weighted by Gasteiger charge is -2.20. The Morgan fingerprint density at radius 2 is 2.15 bits per heavy atom. The van der Waals surface area contributed by atoms with Gasteiger partial charge < -0.3 is 10.1 Å². The first-order chi connectivity index (χ1) is 9.74. The van der Waals surface area contributed by atoms with Crippen LogP contribution in [0, 0.1) is 0 Å². The summed E-state index contributed by atoms with van der Waals surface area (Å²) in [5.41, 5.74) is 2.79. The minimum Gasteiger partial charge on any atom is -0.481 e. The molecular formula is C17H23NO2. The highest BCUT2D eigenvalue weighted by Gasteiger charge is 2.18. The molecule has 0 aromatic heterocycles. The highest BCUT2D eigenvalue weighted by molar-refractivity contribution is 5.81. The molecule has 0 aliphatic heterocycles. The summed E-state index contributed by atoms with van der Waals surface area (Å²) >= 11 is 0. The fraction of sp³-hybridized carbons (Fsp3) is 0.471. The summed E-state index contributed by atoms with van der Waals surface area (Å²) in [5.74, 6) is 0.719. The van der Waals surface area contributed by atoms with Crippen molar-refractivity contribution in [2.75, 3.05) is 6.54 Å². The maximum Gasteiger partial charge on any atom is 0.261 e. The third-order valence-electron chi connectivity index (χ3n) is 3.68. The highest BCUT2D eigenvalue weighted by atomic mass is 16.5. The zero-order valence-electron chi connectivity index (χ0n) is 12.2. The first kappa shape index (κ1) is 14.6. The molecule has 0 saturated carbocycles. The molecule has 3 heteroatoms. The van der Waals surface area contributed by atoms with E-state index in [9.17, 15) is 4.79 Å². The van der Waals surface area contributed by atoms with Crippen molar-refractivity contribution < 1.29 is 9.53 Å². The molecule has 20 heavy (non-hydrogen) atoms. The topological polar surface area (TPSA) is 38.3 Å². The molecule has 0 saturated heterocycles. The first-order valence-electron chi connectivity index (χ1n) is 7.41. The standard InChI is InChI=1S/C17H23NO2/c1-3-11-18-17(19)16(4-2)20-15-10-9-13-7-5-6-8-14(13)12-15/h3,9-10,12,16H,1,4-8,11H2,2H3,(H,18,19). The Labute approximate surface area is 121 Å². The minimum absolute atomic E-state index is 0.0786. The Morgan fingerprint density at radius 3 is 2.85 bits per heavy atom. The zero-order chi connectivity index (χ0) is 14.4. The zero-order valence-corrected chi connectivity index (χ0v) is 12.2. The predicted molar refractivity (Wildman–Crippen MR) is 81.0 cm³/mol. The van der Waals surface area contributed by atoms with Gasteiger partial charge in [0.25, 0.3) is 5.91 Å². The van der Waals surface area contributed by atoms with Gasteiger partial charge in [0.15, 0.2) is 6.10 Å². The second-order valence-corrected chi connectivity index (χ2v) is 5.19. The molecule has 1 aromatic rings. The quantitative estimate of drug-likeness (QED) is 0.809. The number of hydrogen-bond donors (Lipinski definition) is 1. The van der Waals surface area contributed by atoms with E-state index in [0.29, 0.717) is 13.0 Å². The molecule has 0 fully saturated rings. The average molecular weight is 273 g/mol. The first-order valence-corrected chi connectivity index (χ1v) is 7.41. The summed E-state index contributed by atoms with van der Waals surface area (Å²) in [5, 5.41) is 2.78. The summed E-state index contributed by atoms with van der Waals surface area (Å²) in [6, 6.07) is 6.21. The number of benzene rings is 1. The van der Waals surface area contributed by atoms with Crippen LogP contribution >= 0.6 is 0 Å². The molecule has 0 heterocycles. The molecule has 0 bridgehead atoms. The molecule has 0 radical (unpaired) electrons. The summed E-state index contributed by atoms with van der Waals surface area (Å²) in [6.45, 7) is 6.02. The molecule has 1 aliphatic carbocycles. The molecule has 1 amide bonds. The smallest absolute Gasteiger partial charge is 0.261 e. The third-order valence-corrected chi connectivity index (χ3v) is 3.68. The Bertz CT molecular complexity index is 482. The number of carbonyl (C=O) groups excluding carboxylic acids is 1. The lowest BCUT2D eigenvalue weighted by Crippen LogP contribution is -2.38. The maximum absolute atomic E-state index is 11.9. The molecule has 1 aromatic carbocycles.